The highest BCUT2D eigenvalue weighted by Gasteiger charge is 2.51. The molecule has 0 aromatic carbocycles. The smallest absolute Gasteiger partial charge is 0.223 e. The zero-order valence-corrected chi connectivity index (χ0v) is 16.4. The summed E-state index contributed by atoms with van der Waals surface area (Å²) in [6.45, 7) is 3.20. The molecule has 4 heteroatoms. The maximum absolute atomic E-state index is 13.0. The Kier molecular flexibility index (Phi) is 5.09. The molecule has 25 heavy (non-hydrogen) atoms. The topological polar surface area (TPSA) is 32.3 Å². The molecule has 4 bridgehead atoms. The van der Waals surface area contributed by atoms with Crippen molar-refractivity contribution in [1.82, 2.24) is 10.2 Å². The minimum atomic E-state index is 0. The van der Waals surface area contributed by atoms with Gasteiger partial charge >= 0.3 is 0 Å². The van der Waals surface area contributed by atoms with E-state index in [0.29, 0.717) is 17.4 Å². The van der Waals surface area contributed by atoms with Gasteiger partial charge in [-0.15, -0.1) is 12.4 Å². The van der Waals surface area contributed by atoms with Crippen LogP contribution < -0.4 is 5.32 Å². The van der Waals surface area contributed by atoms with Crippen molar-refractivity contribution < 1.29 is 4.79 Å². The Hall–Kier alpha value is -0.280. The van der Waals surface area contributed by atoms with Crippen LogP contribution >= 0.6 is 12.4 Å². The first-order chi connectivity index (χ1) is 11.7. The summed E-state index contributed by atoms with van der Waals surface area (Å²) in [5, 5.41) is 3.73. The van der Waals surface area contributed by atoms with Crippen LogP contribution in [0.3, 0.4) is 0 Å². The van der Waals surface area contributed by atoms with Crippen molar-refractivity contribution in [2.45, 2.75) is 76.7 Å². The number of hydrogen-bond acceptors (Lipinski definition) is 2. The summed E-state index contributed by atoms with van der Waals surface area (Å²) in [5.74, 6) is 4.32. The van der Waals surface area contributed by atoms with Crippen LogP contribution in [0.1, 0.15) is 70.6 Å². The third kappa shape index (κ3) is 3.88. The molecule has 1 aliphatic heterocycles. The first kappa shape index (κ1) is 18.1. The van der Waals surface area contributed by atoms with Gasteiger partial charge in [0, 0.05) is 25.6 Å². The Bertz CT molecular complexity index is 461. The molecule has 1 saturated heterocycles. The minimum Gasteiger partial charge on any atom is -0.343 e. The van der Waals surface area contributed by atoms with Crippen molar-refractivity contribution in [2.24, 2.45) is 29.1 Å². The number of rotatable bonds is 5. The van der Waals surface area contributed by atoms with Crippen molar-refractivity contribution in [3.8, 4) is 0 Å². The van der Waals surface area contributed by atoms with Crippen LogP contribution in [0.15, 0.2) is 0 Å². The second-order valence-corrected chi connectivity index (χ2v) is 10.1. The average molecular weight is 367 g/mol. The summed E-state index contributed by atoms with van der Waals surface area (Å²) in [7, 11) is 0. The molecule has 0 atom stereocenters. The third-order valence-electron chi connectivity index (χ3n) is 7.93. The molecule has 6 aliphatic rings. The molecule has 6 rings (SSSR count). The predicted molar refractivity (Wildman–Crippen MR) is 103 cm³/mol. The van der Waals surface area contributed by atoms with E-state index in [1.807, 2.05) is 0 Å². The van der Waals surface area contributed by atoms with Crippen molar-refractivity contribution in [2.75, 3.05) is 19.6 Å². The molecule has 5 saturated carbocycles. The zero-order chi connectivity index (χ0) is 16.1. The number of halogens is 1. The van der Waals surface area contributed by atoms with Gasteiger partial charge in [0.05, 0.1) is 0 Å². The fraction of sp³-hybridized carbons (Fsp3) is 0.952. The van der Waals surface area contributed by atoms with E-state index >= 15 is 0 Å². The van der Waals surface area contributed by atoms with Gasteiger partial charge < -0.3 is 10.2 Å². The van der Waals surface area contributed by atoms with Crippen molar-refractivity contribution in [1.29, 1.82) is 0 Å². The van der Waals surface area contributed by atoms with Gasteiger partial charge in [-0.1, -0.05) is 0 Å². The van der Waals surface area contributed by atoms with Crippen LogP contribution in [0.4, 0.5) is 0 Å². The highest BCUT2D eigenvalue weighted by Crippen LogP contribution is 2.61. The number of likely N-dealkylation sites (tertiary alicyclic amines) is 1. The SMILES string of the molecule is Cl.O=C(CC12CC3CC(CC(C3)C1)C2)N1CCC(NCC2CC2)CC1. The Balaban J connectivity index is 0.00000157. The lowest BCUT2D eigenvalue weighted by Crippen LogP contribution is -2.50. The molecule has 1 heterocycles. The highest BCUT2D eigenvalue weighted by atomic mass is 35.5. The van der Waals surface area contributed by atoms with Crippen LogP contribution in [0.5, 0.6) is 0 Å². The zero-order valence-electron chi connectivity index (χ0n) is 15.5. The van der Waals surface area contributed by atoms with E-state index in [4.69, 9.17) is 0 Å². The standard InChI is InChI=1S/C21H34N2O.ClH/c24-20(23-5-3-19(4-6-23)22-14-15-1-2-15)13-21-10-16-7-17(11-21)9-18(8-16)12-21;/h15-19,22H,1-14H2;1H. The van der Waals surface area contributed by atoms with Crippen LogP contribution in [-0.2, 0) is 4.79 Å². The Morgan fingerprint density at radius 3 is 2.00 bits per heavy atom. The average Bonchev–Trinajstić information content (AvgIpc) is 3.36. The van der Waals surface area contributed by atoms with E-state index in [1.165, 1.54) is 70.8 Å². The number of hydrogen-bond donors (Lipinski definition) is 1. The number of nitrogens with zero attached hydrogens (tertiary/aromatic N) is 1. The summed E-state index contributed by atoms with van der Waals surface area (Å²) in [6.07, 6.45) is 14.6. The minimum absolute atomic E-state index is 0. The van der Waals surface area contributed by atoms with Crippen molar-refractivity contribution in [3.05, 3.63) is 0 Å². The third-order valence-corrected chi connectivity index (χ3v) is 7.93. The summed E-state index contributed by atoms with van der Waals surface area (Å²) < 4.78 is 0. The molecule has 6 fully saturated rings. The molecule has 142 valence electrons. The van der Waals surface area contributed by atoms with Crippen LogP contribution in [0.25, 0.3) is 0 Å². The van der Waals surface area contributed by atoms with Crippen LogP contribution in [0, 0.1) is 29.1 Å². The lowest BCUT2D eigenvalue weighted by Gasteiger charge is -2.57. The monoisotopic (exact) mass is 366 g/mol. The molecule has 0 spiro atoms. The second-order valence-electron chi connectivity index (χ2n) is 10.1. The second kappa shape index (κ2) is 7.03. The Labute approximate surface area is 159 Å². The molecule has 0 aromatic rings. The molecule has 0 unspecified atom stereocenters. The molecule has 3 nitrogen and oxygen atoms in total. The van der Waals surface area contributed by atoms with Gasteiger partial charge in [0.2, 0.25) is 5.91 Å². The fourth-order valence-corrected chi connectivity index (χ4v) is 6.93. The molecule has 1 amide bonds. The number of carbonyl (C=O) groups is 1. The van der Waals surface area contributed by atoms with Gasteiger partial charge in [-0.3, -0.25) is 4.79 Å². The van der Waals surface area contributed by atoms with Crippen molar-refractivity contribution in [3.63, 3.8) is 0 Å². The van der Waals surface area contributed by atoms with E-state index < -0.39 is 0 Å². The van der Waals surface area contributed by atoms with Gasteiger partial charge in [-0.05, 0) is 99.8 Å². The lowest BCUT2D eigenvalue weighted by atomic mass is 9.49. The quantitative estimate of drug-likeness (QED) is 0.797. The summed E-state index contributed by atoms with van der Waals surface area (Å²) in [6, 6.07) is 0.661. The molecule has 1 N–H and O–H groups in total. The molecule has 5 aliphatic carbocycles. The molecular weight excluding hydrogens is 332 g/mol. The first-order valence-corrected chi connectivity index (χ1v) is 10.7. The molecule has 0 radical (unpaired) electrons. The summed E-state index contributed by atoms with van der Waals surface area (Å²) >= 11 is 0. The Morgan fingerprint density at radius 1 is 0.920 bits per heavy atom. The van der Waals surface area contributed by atoms with E-state index in [9.17, 15) is 4.79 Å². The maximum atomic E-state index is 13.0. The van der Waals surface area contributed by atoms with Gasteiger partial charge in [0.1, 0.15) is 0 Å². The normalized spacial score (nSPS) is 40.2. The summed E-state index contributed by atoms with van der Waals surface area (Å²) in [4.78, 5) is 15.2. The lowest BCUT2D eigenvalue weighted by molar-refractivity contribution is -0.140. The van der Waals surface area contributed by atoms with Crippen LogP contribution in [0.2, 0.25) is 0 Å². The summed E-state index contributed by atoms with van der Waals surface area (Å²) in [5.41, 5.74) is 0.410. The maximum Gasteiger partial charge on any atom is 0.223 e. The van der Waals surface area contributed by atoms with Crippen molar-refractivity contribution >= 4 is 18.3 Å². The number of nitrogens with one attached hydrogen (secondary N) is 1. The molecular formula is C21H35ClN2O. The van der Waals surface area contributed by atoms with Gasteiger partial charge in [-0.25, -0.2) is 0 Å². The number of carbonyl (C=O) groups excluding carboxylic acids is 1. The van der Waals surface area contributed by atoms with E-state index in [2.05, 4.69) is 10.2 Å². The van der Waals surface area contributed by atoms with Gasteiger partial charge in [0.15, 0.2) is 0 Å². The van der Waals surface area contributed by atoms with Gasteiger partial charge in [0.25, 0.3) is 0 Å². The highest BCUT2D eigenvalue weighted by molar-refractivity contribution is 5.85. The van der Waals surface area contributed by atoms with Gasteiger partial charge in [-0.2, -0.15) is 0 Å². The van der Waals surface area contributed by atoms with E-state index in [0.717, 1.165) is 43.2 Å². The first-order valence-electron chi connectivity index (χ1n) is 10.7. The number of piperidine rings is 1. The number of amides is 1. The Morgan fingerprint density at radius 2 is 1.48 bits per heavy atom. The molecule has 0 aromatic heterocycles. The fourth-order valence-electron chi connectivity index (χ4n) is 6.93. The van der Waals surface area contributed by atoms with E-state index in [-0.39, 0.29) is 12.4 Å². The largest absolute Gasteiger partial charge is 0.343 e. The van der Waals surface area contributed by atoms with E-state index in [1.54, 1.807) is 0 Å². The van der Waals surface area contributed by atoms with Crippen LogP contribution in [-0.4, -0.2) is 36.5 Å². The predicted octanol–water partition coefficient (Wildman–Crippen LogP) is 4.01.